The summed E-state index contributed by atoms with van der Waals surface area (Å²) in [5, 5.41) is 8.75. The van der Waals surface area contributed by atoms with E-state index in [0.717, 1.165) is 4.88 Å². The van der Waals surface area contributed by atoms with Gasteiger partial charge < -0.3 is 5.73 Å². The third kappa shape index (κ3) is 1.40. The minimum Gasteiger partial charge on any atom is -0.375 e. The van der Waals surface area contributed by atoms with Crippen molar-refractivity contribution in [2.75, 3.05) is 5.73 Å². The molecule has 1 rings (SSSR count). The van der Waals surface area contributed by atoms with Crippen LogP contribution in [0.2, 0.25) is 0 Å². The average molecular weight is 139 g/mol. The molecule has 0 aliphatic heterocycles. The van der Waals surface area contributed by atoms with Crippen molar-refractivity contribution in [2.24, 2.45) is 0 Å². The minimum atomic E-state index is 0.412. The first-order chi connectivity index (χ1) is 4.33. The largest absolute Gasteiger partial charge is 0.375 e. The Bertz CT molecular complexity index is 235. The van der Waals surface area contributed by atoms with Crippen LogP contribution in [0.1, 0.15) is 4.88 Å². The fourth-order valence-corrected chi connectivity index (χ4v) is 1.10. The first kappa shape index (κ1) is 6.05. The summed E-state index contributed by atoms with van der Waals surface area (Å²) in [5.41, 5.74) is 5.31. The van der Waals surface area contributed by atoms with Crippen molar-refractivity contribution >= 4 is 16.5 Å². The fraction of sp³-hybridized carbons (Fsp3) is 0.200. The summed E-state index contributed by atoms with van der Waals surface area (Å²) < 4.78 is 0. The molecular weight excluding hydrogens is 134 g/mol. The summed E-state index contributed by atoms with van der Waals surface area (Å²) in [6.07, 6.45) is 2.04. The fourth-order valence-electron chi connectivity index (χ4n) is 0.482. The quantitative estimate of drug-likeness (QED) is 0.625. The Morgan fingerprint density at radius 1 is 1.89 bits per heavy atom. The Morgan fingerprint density at radius 3 is 3.11 bits per heavy atom. The van der Waals surface area contributed by atoms with Crippen LogP contribution in [0.25, 0.3) is 0 Å². The molecule has 3 nitrogen and oxygen atoms in total. The average Bonchev–Trinajstić information content (AvgIpc) is 2.17. The Kier molecular flexibility index (Phi) is 1.66. The van der Waals surface area contributed by atoms with Gasteiger partial charge in [0.05, 0.1) is 12.5 Å². The van der Waals surface area contributed by atoms with E-state index in [0.29, 0.717) is 11.6 Å². The van der Waals surface area contributed by atoms with Gasteiger partial charge in [-0.1, -0.05) is 0 Å². The topological polar surface area (TPSA) is 62.7 Å². The molecule has 0 amide bonds. The molecule has 1 aromatic heterocycles. The lowest BCUT2D eigenvalue weighted by Crippen LogP contribution is -1.77. The van der Waals surface area contributed by atoms with Gasteiger partial charge in [-0.2, -0.15) is 5.26 Å². The van der Waals surface area contributed by atoms with E-state index in [-0.39, 0.29) is 0 Å². The highest BCUT2D eigenvalue weighted by Gasteiger charge is 1.94. The van der Waals surface area contributed by atoms with Crippen LogP contribution in [-0.4, -0.2) is 4.98 Å². The molecule has 0 aliphatic carbocycles. The van der Waals surface area contributed by atoms with E-state index < -0.39 is 0 Å². The first-order valence-corrected chi connectivity index (χ1v) is 3.21. The van der Waals surface area contributed by atoms with Gasteiger partial charge in [-0.25, -0.2) is 4.98 Å². The highest BCUT2D eigenvalue weighted by Crippen LogP contribution is 2.13. The molecule has 0 aromatic carbocycles. The molecule has 0 fully saturated rings. The van der Waals surface area contributed by atoms with Crippen LogP contribution in [0.4, 0.5) is 5.13 Å². The maximum Gasteiger partial charge on any atom is 0.180 e. The highest BCUT2D eigenvalue weighted by atomic mass is 32.1. The lowest BCUT2D eigenvalue weighted by atomic mass is 10.4. The molecule has 0 unspecified atom stereocenters. The van der Waals surface area contributed by atoms with E-state index in [1.54, 1.807) is 6.20 Å². The molecule has 1 aromatic rings. The van der Waals surface area contributed by atoms with Gasteiger partial charge in [-0.3, -0.25) is 0 Å². The van der Waals surface area contributed by atoms with Gasteiger partial charge in [0.2, 0.25) is 0 Å². The number of nitriles is 1. The van der Waals surface area contributed by atoms with Gasteiger partial charge in [-0.15, -0.1) is 11.3 Å². The van der Waals surface area contributed by atoms with Crippen molar-refractivity contribution in [3.8, 4) is 6.07 Å². The zero-order valence-corrected chi connectivity index (χ0v) is 5.48. The molecule has 4 heteroatoms. The van der Waals surface area contributed by atoms with Crippen LogP contribution in [0.3, 0.4) is 0 Å². The van der Waals surface area contributed by atoms with Gasteiger partial charge in [0.15, 0.2) is 5.13 Å². The second-order valence-corrected chi connectivity index (χ2v) is 2.65. The summed E-state index contributed by atoms with van der Waals surface area (Å²) in [6.45, 7) is 0. The van der Waals surface area contributed by atoms with Crippen molar-refractivity contribution in [3.63, 3.8) is 0 Å². The summed E-state index contributed by atoms with van der Waals surface area (Å²) >= 11 is 1.36. The molecule has 0 saturated heterocycles. The third-order valence-corrected chi connectivity index (χ3v) is 1.65. The Morgan fingerprint density at radius 2 is 2.67 bits per heavy atom. The molecule has 0 radical (unpaired) electrons. The van der Waals surface area contributed by atoms with Crippen LogP contribution >= 0.6 is 11.3 Å². The summed E-state index contributed by atoms with van der Waals surface area (Å²) in [4.78, 5) is 4.71. The van der Waals surface area contributed by atoms with Crippen molar-refractivity contribution in [1.82, 2.24) is 4.98 Å². The minimum absolute atomic E-state index is 0.412. The number of nitrogens with zero attached hydrogens (tertiary/aromatic N) is 2. The molecule has 0 atom stereocenters. The zero-order chi connectivity index (χ0) is 6.69. The van der Waals surface area contributed by atoms with Crippen LogP contribution in [0.5, 0.6) is 0 Å². The molecule has 2 N–H and O–H groups in total. The van der Waals surface area contributed by atoms with Crippen LogP contribution in [0.15, 0.2) is 6.20 Å². The highest BCUT2D eigenvalue weighted by molar-refractivity contribution is 7.15. The smallest absolute Gasteiger partial charge is 0.180 e. The van der Waals surface area contributed by atoms with E-state index in [9.17, 15) is 0 Å². The second kappa shape index (κ2) is 2.46. The number of rotatable bonds is 1. The molecule has 0 saturated carbocycles. The van der Waals surface area contributed by atoms with E-state index in [4.69, 9.17) is 11.0 Å². The normalized spacial score (nSPS) is 8.78. The summed E-state index contributed by atoms with van der Waals surface area (Å²) in [6, 6.07) is 2.01. The monoisotopic (exact) mass is 139 g/mol. The van der Waals surface area contributed by atoms with Gasteiger partial charge in [-0.05, 0) is 0 Å². The van der Waals surface area contributed by atoms with Gasteiger partial charge in [0, 0.05) is 11.1 Å². The number of thiazole rings is 1. The lowest BCUT2D eigenvalue weighted by Gasteiger charge is -1.76. The van der Waals surface area contributed by atoms with E-state index in [2.05, 4.69) is 4.98 Å². The number of hydrogen-bond donors (Lipinski definition) is 1. The maximum atomic E-state index is 8.22. The van der Waals surface area contributed by atoms with Gasteiger partial charge in [0.1, 0.15) is 0 Å². The predicted molar refractivity (Wildman–Crippen MR) is 35.8 cm³/mol. The molecular formula is C5H5N3S. The number of hydrogen-bond acceptors (Lipinski definition) is 4. The Balaban J connectivity index is 2.76. The van der Waals surface area contributed by atoms with Gasteiger partial charge >= 0.3 is 0 Å². The predicted octanol–water partition coefficient (Wildman–Crippen LogP) is 0.791. The summed E-state index contributed by atoms with van der Waals surface area (Å²) in [7, 11) is 0. The zero-order valence-electron chi connectivity index (χ0n) is 4.66. The first-order valence-electron chi connectivity index (χ1n) is 2.40. The van der Waals surface area contributed by atoms with Gasteiger partial charge in [0.25, 0.3) is 0 Å². The Labute approximate surface area is 56.8 Å². The number of nitrogens with two attached hydrogens (primary N) is 1. The van der Waals surface area contributed by atoms with Crippen molar-refractivity contribution in [1.29, 1.82) is 5.26 Å². The van der Waals surface area contributed by atoms with E-state index in [1.807, 2.05) is 6.07 Å². The number of aromatic nitrogens is 1. The van der Waals surface area contributed by atoms with E-state index >= 15 is 0 Å². The van der Waals surface area contributed by atoms with Crippen molar-refractivity contribution < 1.29 is 0 Å². The molecule has 0 spiro atoms. The molecule has 1 heterocycles. The number of nitrogen functional groups attached to an aromatic ring is 1. The van der Waals surface area contributed by atoms with Crippen LogP contribution in [-0.2, 0) is 6.42 Å². The molecule has 0 bridgehead atoms. The van der Waals surface area contributed by atoms with E-state index in [1.165, 1.54) is 11.3 Å². The number of anilines is 1. The second-order valence-electron chi connectivity index (χ2n) is 1.50. The molecule has 46 valence electrons. The van der Waals surface area contributed by atoms with Crippen molar-refractivity contribution in [3.05, 3.63) is 11.1 Å². The lowest BCUT2D eigenvalue weighted by molar-refractivity contribution is 1.28. The van der Waals surface area contributed by atoms with Crippen LogP contribution < -0.4 is 5.73 Å². The standard InChI is InChI=1S/C5H5N3S/c6-2-1-4-3-8-5(7)9-4/h3H,1H2,(H2,7,8). The summed E-state index contributed by atoms with van der Waals surface area (Å²) in [5.74, 6) is 0. The third-order valence-electron chi connectivity index (χ3n) is 0.825. The maximum absolute atomic E-state index is 8.22. The molecule has 0 aliphatic rings. The van der Waals surface area contributed by atoms with Crippen LogP contribution in [0, 0.1) is 11.3 Å². The van der Waals surface area contributed by atoms with Crippen molar-refractivity contribution in [2.45, 2.75) is 6.42 Å². The SMILES string of the molecule is N#CCc1cnc(N)s1. The Hall–Kier alpha value is -1.08. The molecule has 9 heavy (non-hydrogen) atoms.